The molecule has 0 unspecified atom stereocenters. The number of aromatic nitrogens is 2. The molecule has 4 heteroatoms. The second kappa shape index (κ2) is 3.96. The molecule has 0 fully saturated rings. The number of rotatable bonds is 2. The predicted molar refractivity (Wildman–Crippen MR) is 63.4 cm³/mol. The second-order valence-electron chi connectivity index (χ2n) is 4.32. The van der Waals surface area contributed by atoms with Crippen LogP contribution in [0.5, 0.6) is 0 Å². The van der Waals surface area contributed by atoms with Crippen molar-refractivity contribution >= 4 is 0 Å². The van der Waals surface area contributed by atoms with Crippen molar-refractivity contribution in [2.45, 2.75) is 25.8 Å². The number of nitrogens with zero attached hydrogens (tertiary/aromatic N) is 2. The Morgan fingerprint density at radius 2 is 2.00 bits per heavy atom. The molecule has 3 rings (SSSR count). The standard InChI is InChI=1S/C13H14FN3/c14-9-4-6-10(7-5-9)17-13-3-1-2-11(13)12(8-15)16-17/h4-7H,1-3,8,15H2. The summed E-state index contributed by atoms with van der Waals surface area (Å²) in [5.41, 5.74) is 10.1. The lowest BCUT2D eigenvalue weighted by molar-refractivity contribution is 0.626. The average Bonchev–Trinajstić information content (AvgIpc) is 2.91. The highest BCUT2D eigenvalue weighted by atomic mass is 19.1. The number of nitrogens with two attached hydrogens (primary N) is 1. The summed E-state index contributed by atoms with van der Waals surface area (Å²) in [6, 6.07) is 6.42. The van der Waals surface area contributed by atoms with Gasteiger partial charge in [-0.2, -0.15) is 5.10 Å². The second-order valence-corrected chi connectivity index (χ2v) is 4.32. The number of halogens is 1. The van der Waals surface area contributed by atoms with Crippen molar-refractivity contribution in [3.63, 3.8) is 0 Å². The molecule has 3 nitrogen and oxygen atoms in total. The Hall–Kier alpha value is -1.68. The van der Waals surface area contributed by atoms with Gasteiger partial charge in [-0.3, -0.25) is 0 Å². The zero-order valence-corrected chi connectivity index (χ0v) is 9.49. The van der Waals surface area contributed by atoms with Crippen LogP contribution in [-0.2, 0) is 19.4 Å². The lowest BCUT2D eigenvalue weighted by atomic mass is 10.2. The van der Waals surface area contributed by atoms with Gasteiger partial charge in [-0.05, 0) is 49.1 Å². The molecule has 1 aromatic heterocycles. The van der Waals surface area contributed by atoms with Gasteiger partial charge in [0.2, 0.25) is 0 Å². The van der Waals surface area contributed by atoms with Crippen LogP contribution < -0.4 is 5.73 Å². The molecule has 0 aliphatic heterocycles. The maximum absolute atomic E-state index is 12.9. The highest BCUT2D eigenvalue weighted by molar-refractivity contribution is 5.39. The van der Waals surface area contributed by atoms with Crippen LogP contribution in [-0.4, -0.2) is 9.78 Å². The van der Waals surface area contributed by atoms with E-state index in [9.17, 15) is 4.39 Å². The molecule has 1 aliphatic carbocycles. The molecule has 1 aromatic carbocycles. The summed E-state index contributed by atoms with van der Waals surface area (Å²) in [7, 11) is 0. The number of hydrogen-bond acceptors (Lipinski definition) is 2. The third-order valence-corrected chi connectivity index (χ3v) is 3.28. The third kappa shape index (κ3) is 1.65. The molecule has 0 saturated heterocycles. The van der Waals surface area contributed by atoms with E-state index < -0.39 is 0 Å². The number of fused-ring (bicyclic) bond motifs is 1. The van der Waals surface area contributed by atoms with Crippen LogP contribution in [0.4, 0.5) is 4.39 Å². The lowest BCUT2D eigenvalue weighted by Gasteiger charge is -2.04. The van der Waals surface area contributed by atoms with Gasteiger partial charge >= 0.3 is 0 Å². The van der Waals surface area contributed by atoms with Crippen LogP contribution in [0.2, 0.25) is 0 Å². The molecule has 0 radical (unpaired) electrons. The zero-order valence-electron chi connectivity index (χ0n) is 9.49. The van der Waals surface area contributed by atoms with Crippen LogP contribution in [0, 0.1) is 5.82 Å². The molecule has 0 spiro atoms. The van der Waals surface area contributed by atoms with Crippen LogP contribution in [0.1, 0.15) is 23.4 Å². The molecule has 0 saturated carbocycles. The maximum atomic E-state index is 12.9. The highest BCUT2D eigenvalue weighted by Gasteiger charge is 2.22. The van der Waals surface area contributed by atoms with E-state index in [-0.39, 0.29) is 5.82 Å². The Labute approximate surface area is 99.1 Å². The van der Waals surface area contributed by atoms with Crippen molar-refractivity contribution in [2.24, 2.45) is 5.73 Å². The van der Waals surface area contributed by atoms with Gasteiger partial charge in [0.05, 0.1) is 11.4 Å². The van der Waals surface area contributed by atoms with E-state index in [0.717, 1.165) is 30.6 Å². The van der Waals surface area contributed by atoms with Gasteiger partial charge in [-0.15, -0.1) is 0 Å². The Morgan fingerprint density at radius 3 is 2.71 bits per heavy atom. The first-order valence-corrected chi connectivity index (χ1v) is 5.85. The number of hydrogen-bond donors (Lipinski definition) is 1. The van der Waals surface area contributed by atoms with Gasteiger partial charge in [0.25, 0.3) is 0 Å². The van der Waals surface area contributed by atoms with Gasteiger partial charge in [0.1, 0.15) is 5.82 Å². The molecule has 0 amide bonds. The van der Waals surface area contributed by atoms with Crippen molar-refractivity contribution < 1.29 is 4.39 Å². The maximum Gasteiger partial charge on any atom is 0.123 e. The first-order chi connectivity index (χ1) is 8.29. The zero-order chi connectivity index (χ0) is 11.8. The Kier molecular flexibility index (Phi) is 2.44. The summed E-state index contributed by atoms with van der Waals surface area (Å²) in [5, 5.41) is 4.52. The number of benzene rings is 1. The summed E-state index contributed by atoms with van der Waals surface area (Å²) >= 11 is 0. The normalized spacial score (nSPS) is 14.0. The van der Waals surface area contributed by atoms with E-state index in [2.05, 4.69) is 5.10 Å². The quantitative estimate of drug-likeness (QED) is 0.858. The van der Waals surface area contributed by atoms with E-state index in [1.807, 2.05) is 4.68 Å². The minimum Gasteiger partial charge on any atom is -0.325 e. The fraction of sp³-hybridized carbons (Fsp3) is 0.308. The van der Waals surface area contributed by atoms with Crippen molar-refractivity contribution in [3.05, 3.63) is 47.0 Å². The van der Waals surface area contributed by atoms with Gasteiger partial charge in [-0.1, -0.05) is 0 Å². The third-order valence-electron chi connectivity index (χ3n) is 3.28. The van der Waals surface area contributed by atoms with E-state index in [1.165, 1.54) is 23.4 Å². The van der Waals surface area contributed by atoms with E-state index in [1.54, 1.807) is 12.1 Å². The van der Waals surface area contributed by atoms with Gasteiger partial charge in [0.15, 0.2) is 0 Å². The minimum absolute atomic E-state index is 0.225. The van der Waals surface area contributed by atoms with Gasteiger partial charge in [0, 0.05) is 12.2 Å². The SMILES string of the molecule is NCc1nn(-c2ccc(F)cc2)c2c1CCC2. The molecule has 1 heterocycles. The molecule has 17 heavy (non-hydrogen) atoms. The van der Waals surface area contributed by atoms with Crippen LogP contribution in [0.25, 0.3) is 5.69 Å². The molecule has 1 aliphatic rings. The topological polar surface area (TPSA) is 43.8 Å². The van der Waals surface area contributed by atoms with Crippen molar-refractivity contribution in [1.82, 2.24) is 9.78 Å². The minimum atomic E-state index is -0.225. The summed E-state index contributed by atoms with van der Waals surface area (Å²) in [6.45, 7) is 0.469. The summed E-state index contributed by atoms with van der Waals surface area (Å²) in [5.74, 6) is -0.225. The summed E-state index contributed by atoms with van der Waals surface area (Å²) < 4.78 is 14.8. The highest BCUT2D eigenvalue weighted by Crippen LogP contribution is 2.27. The van der Waals surface area contributed by atoms with Crippen molar-refractivity contribution in [1.29, 1.82) is 0 Å². The van der Waals surface area contributed by atoms with E-state index in [4.69, 9.17) is 5.73 Å². The molecular formula is C13H14FN3. The summed E-state index contributed by atoms with van der Waals surface area (Å²) in [4.78, 5) is 0. The largest absolute Gasteiger partial charge is 0.325 e. The smallest absolute Gasteiger partial charge is 0.123 e. The van der Waals surface area contributed by atoms with Crippen LogP contribution in [0.3, 0.4) is 0 Å². The van der Waals surface area contributed by atoms with Crippen LogP contribution in [0.15, 0.2) is 24.3 Å². The molecule has 0 bridgehead atoms. The molecule has 0 atom stereocenters. The molecule has 2 N–H and O–H groups in total. The first-order valence-electron chi connectivity index (χ1n) is 5.85. The van der Waals surface area contributed by atoms with Crippen molar-refractivity contribution in [3.8, 4) is 5.69 Å². The van der Waals surface area contributed by atoms with E-state index in [0.29, 0.717) is 6.54 Å². The fourth-order valence-corrected chi connectivity index (χ4v) is 2.47. The predicted octanol–water partition coefficient (Wildman–Crippen LogP) is 1.96. The van der Waals surface area contributed by atoms with Gasteiger partial charge in [-0.25, -0.2) is 9.07 Å². The molecule has 88 valence electrons. The van der Waals surface area contributed by atoms with Crippen molar-refractivity contribution in [2.75, 3.05) is 0 Å². The molecular weight excluding hydrogens is 217 g/mol. The Bertz CT molecular complexity index is 543. The van der Waals surface area contributed by atoms with E-state index >= 15 is 0 Å². The first kappa shape index (κ1) is 10.5. The Balaban J connectivity index is 2.12. The molecule has 2 aromatic rings. The monoisotopic (exact) mass is 231 g/mol. The summed E-state index contributed by atoms with van der Waals surface area (Å²) in [6.07, 6.45) is 3.24. The Morgan fingerprint density at radius 1 is 1.24 bits per heavy atom. The van der Waals surface area contributed by atoms with Gasteiger partial charge < -0.3 is 5.73 Å². The van der Waals surface area contributed by atoms with Crippen LogP contribution >= 0.6 is 0 Å². The average molecular weight is 231 g/mol. The lowest BCUT2D eigenvalue weighted by Crippen LogP contribution is -2.03. The fourth-order valence-electron chi connectivity index (χ4n) is 2.47.